The van der Waals surface area contributed by atoms with Crippen molar-refractivity contribution in [1.82, 2.24) is 14.8 Å². The van der Waals surface area contributed by atoms with Crippen LogP contribution in [0, 0.1) is 11.3 Å². The normalized spacial score (nSPS) is 11.0. The summed E-state index contributed by atoms with van der Waals surface area (Å²) < 4.78 is 1.53. The highest BCUT2D eigenvalue weighted by atomic mass is 16.4. The standard InChI is InChI=1S/C13H12N4O2/c1-13(2,8-14)17-7-9(6-15-17)10-4-3-5-11(16-10)12(18)19/h3-7H,1-2H3,(H,18,19). The molecule has 19 heavy (non-hydrogen) atoms. The second kappa shape index (κ2) is 4.53. The van der Waals surface area contributed by atoms with Crippen molar-refractivity contribution >= 4 is 5.97 Å². The summed E-state index contributed by atoms with van der Waals surface area (Å²) in [6, 6.07) is 6.89. The molecule has 1 N–H and O–H groups in total. The summed E-state index contributed by atoms with van der Waals surface area (Å²) in [4.78, 5) is 14.9. The molecule has 0 aliphatic carbocycles. The molecule has 0 aliphatic heterocycles. The highest BCUT2D eigenvalue weighted by Crippen LogP contribution is 2.20. The van der Waals surface area contributed by atoms with E-state index in [-0.39, 0.29) is 5.69 Å². The first-order chi connectivity index (χ1) is 8.94. The van der Waals surface area contributed by atoms with Gasteiger partial charge in [-0.15, -0.1) is 0 Å². The Bertz CT molecular complexity index is 667. The molecule has 0 atom stereocenters. The van der Waals surface area contributed by atoms with E-state index in [0.29, 0.717) is 11.3 Å². The molecule has 6 heteroatoms. The topological polar surface area (TPSA) is 91.8 Å². The third-order valence-corrected chi connectivity index (χ3v) is 2.69. The molecule has 0 aromatic carbocycles. The van der Waals surface area contributed by atoms with Gasteiger partial charge in [0.2, 0.25) is 0 Å². The number of carboxylic acid groups (broad SMARTS) is 1. The van der Waals surface area contributed by atoms with Crippen molar-refractivity contribution in [3.05, 3.63) is 36.3 Å². The molecule has 0 radical (unpaired) electrons. The van der Waals surface area contributed by atoms with Gasteiger partial charge in [0.15, 0.2) is 0 Å². The number of hydrogen-bond acceptors (Lipinski definition) is 4. The zero-order chi connectivity index (χ0) is 14.0. The summed E-state index contributed by atoms with van der Waals surface area (Å²) in [6.45, 7) is 3.48. The Morgan fingerprint density at radius 1 is 1.47 bits per heavy atom. The predicted octanol–water partition coefficient (Wildman–Crippen LogP) is 1.90. The molecule has 0 saturated heterocycles. The number of pyridine rings is 1. The molecule has 0 spiro atoms. The first-order valence-corrected chi connectivity index (χ1v) is 5.61. The second-order valence-electron chi connectivity index (χ2n) is 4.56. The number of carboxylic acids is 1. The predicted molar refractivity (Wildman–Crippen MR) is 67.4 cm³/mol. The number of nitriles is 1. The summed E-state index contributed by atoms with van der Waals surface area (Å²) in [6.07, 6.45) is 3.24. The molecule has 6 nitrogen and oxygen atoms in total. The van der Waals surface area contributed by atoms with Crippen LogP contribution in [0.5, 0.6) is 0 Å². The van der Waals surface area contributed by atoms with Crippen molar-refractivity contribution in [1.29, 1.82) is 5.26 Å². The first kappa shape index (κ1) is 12.8. The molecule has 0 saturated carbocycles. The van der Waals surface area contributed by atoms with E-state index in [1.807, 2.05) is 0 Å². The highest BCUT2D eigenvalue weighted by Gasteiger charge is 2.20. The van der Waals surface area contributed by atoms with E-state index in [4.69, 9.17) is 10.4 Å². The summed E-state index contributed by atoms with van der Waals surface area (Å²) in [5, 5.41) is 22.1. The minimum Gasteiger partial charge on any atom is -0.477 e. The van der Waals surface area contributed by atoms with E-state index in [0.717, 1.165) is 0 Å². The minimum atomic E-state index is -1.08. The Kier molecular flexibility index (Phi) is 3.05. The summed E-state index contributed by atoms with van der Waals surface area (Å²) >= 11 is 0. The van der Waals surface area contributed by atoms with Crippen molar-refractivity contribution in [3.63, 3.8) is 0 Å². The molecular weight excluding hydrogens is 244 g/mol. The number of carbonyl (C=O) groups is 1. The van der Waals surface area contributed by atoms with E-state index >= 15 is 0 Å². The van der Waals surface area contributed by atoms with Crippen molar-refractivity contribution in [2.24, 2.45) is 0 Å². The van der Waals surface area contributed by atoms with Gasteiger partial charge in [0, 0.05) is 11.8 Å². The summed E-state index contributed by atoms with van der Waals surface area (Å²) in [5.41, 5.74) is 0.402. The molecule has 0 bridgehead atoms. The lowest BCUT2D eigenvalue weighted by Crippen LogP contribution is -2.24. The lowest BCUT2D eigenvalue weighted by atomic mass is 10.1. The van der Waals surface area contributed by atoms with Crippen LogP contribution in [-0.2, 0) is 5.54 Å². The number of nitrogens with zero attached hydrogens (tertiary/aromatic N) is 4. The quantitative estimate of drug-likeness (QED) is 0.905. The Morgan fingerprint density at radius 2 is 2.21 bits per heavy atom. The van der Waals surface area contributed by atoms with Crippen LogP contribution in [0.2, 0.25) is 0 Å². The van der Waals surface area contributed by atoms with Gasteiger partial charge < -0.3 is 5.11 Å². The van der Waals surface area contributed by atoms with Crippen LogP contribution in [0.1, 0.15) is 24.3 Å². The van der Waals surface area contributed by atoms with Crippen LogP contribution >= 0.6 is 0 Å². The van der Waals surface area contributed by atoms with Gasteiger partial charge in [-0.05, 0) is 26.0 Å². The lowest BCUT2D eigenvalue weighted by Gasteiger charge is -2.15. The Morgan fingerprint density at radius 3 is 2.84 bits per heavy atom. The number of aromatic carboxylic acids is 1. The van der Waals surface area contributed by atoms with Gasteiger partial charge in [0.1, 0.15) is 11.2 Å². The molecule has 2 aromatic heterocycles. The molecule has 2 aromatic rings. The fraction of sp³-hybridized carbons (Fsp3) is 0.231. The van der Waals surface area contributed by atoms with E-state index in [1.54, 1.807) is 38.4 Å². The average molecular weight is 256 g/mol. The minimum absolute atomic E-state index is 0.0233. The summed E-state index contributed by atoms with van der Waals surface area (Å²) in [7, 11) is 0. The van der Waals surface area contributed by atoms with Crippen molar-refractivity contribution in [2.45, 2.75) is 19.4 Å². The SMILES string of the molecule is CC(C)(C#N)n1cc(-c2cccc(C(=O)O)n2)cn1. The number of aromatic nitrogens is 3. The van der Waals surface area contributed by atoms with E-state index in [2.05, 4.69) is 16.2 Å². The zero-order valence-corrected chi connectivity index (χ0v) is 10.5. The van der Waals surface area contributed by atoms with Crippen molar-refractivity contribution in [3.8, 4) is 17.3 Å². The van der Waals surface area contributed by atoms with Crippen LogP contribution in [0.15, 0.2) is 30.6 Å². The van der Waals surface area contributed by atoms with Gasteiger partial charge in [0.05, 0.1) is 18.0 Å². The maximum Gasteiger partial charge on any atom is 0.354 e. The van der Waals surface area contributed by atoms with E-state index < -0.39 is 11.5 Å². The van der Waals surface area contributed by atoms with Crippen LogP contribution < -0.4 is 0 Å². The highest BCUT2D eigenvalue weighted by molar-refractivity contribution is 5.86. The second-order valence-corrected chi connectivity index (χ2v) is 4.56. The van der Waals surface area contributed by atoms with Gasteiger partial charge >= 0.3 is 5.97 Å². The fourth-order valence-electron chi connectivity index (χ4n) is 1.53. The van der Waals surface area contributed by atoms with Crippen molar-refractivity contribution < 1.29 is 9.90 Å². The monoisotopic (exact) mass is 256 g/mol. The van der Waals surface area contributed by atoms with Gasteiger partial charge in [-0.2, -0.15) is 10.4 Å². The average Bonchev–Trinajstić information content (AvgIpc) is 2.89. The van der Waals surface area contributed by atoms with Crippen LogP contribution in [0.4, 0.5) is 0 Å². The van der Waals surface area contributed by atoms with E-state index in [9.17, 15) is 4.79 Å². The molecule has 0 aliphatic rings. The fourth-order valence-corrected chi connectivity index (χ4v) is 1.53. The van der Waals surface area contributed by atoms with Gasteiger partial charge in [-0.25, -0.2) is 9.78 Å². The van der Waals surface area contributed by atoms with Crippen LogP contribution in [0.25, 0.3) is 11.3 Å². The molecule has 2 heterocycles. The van der Waals surface area contributed by atoms with Crippen LogP contribution in [0.3, 0.4) is 0 Å². The summed E-state index contributed by atoms with van der Waals surface area (Å²) in [5.74, 6) is -1.08. The maximum atomic E-state index is 10.9. The number of hydrogen-bond donors (Lipinski definition) is 1. The van der Waals surface area contributed by atoms with E-state index in [1.165, 1.54) is 10.7 Å². The third kappa shape index (κ3) is 2.45. The first-order valence-electron chi connectivity index (χ1n) is 5.61. The molecule has 0 fully saturated rings. The third-order valence-electron chi connectivity index (χ3n) is 2.69. The molecule has 2 rings (SSSR count). The van der Waals surface area contributed by atoms with Gasteiger partial charge in [-0.3, -0.25) is 4.68 Å². The zero-order valence-electron chi connectivity index (χ0n) is 10.5. The van der Waals surface area contributed by atoms with Crippen LogP contribution in [-0.4, -0.2) is 25.8 Å². The lowest BCUT2D eigenvalue weighted by molar-refractivity contribution is 0.0690. The molecule has 96 valence electrons. The Hall–Kier alpha value is -2.68. The molecule has 0 amide bonds. The van der Waals surface area contributed by atoms with Gasteiger partial charge in [-0.1, -0.05) is 6.07 Å². The maximum absolute atomic E-state index is 10.9. The molecule has 0 unspecified atom stereocenters. The Labute approximate surface area is 109 Å². The van der Waals surface area contributed by atoms with Crippen molar-refractivity contribution in [2.75, 3.05) is 0 Å². The smallest absolute Gasteiger partial charge is 0.354 e. The number of rotatable bonds is 3. The largest absolute Gasteiger partial charge is 0.477 e. The van der Waals surface area contributed by atoms with Gasteiger partial charge in [0.25, 0.3) is 0 Å². The Balaban J connectivity index is 2.42. The molecular formula is C13H12N4O2.